The normalized spacial score (nSPS) is 25.4. The van der Waals surface area contributed by atoms with Crippen molar-refractivity contribution in [3.8, 4) is 0 Å². The number of carbonyl (C=O) groups is 2. The second kappa shape index (κ2) is 7.38. The molecule has 4 atom stereocenters. The number of nitrogens with zero attached hydrogens (tertiary/aromatic N) is 1. The molecule has 2 amide bonds. The van der Waals surface area contributed by atoms with Gasteiger partial charge in [-0.25, -0.2) is 9.29 Å². The number of hydrogen-bond acceptors (Lipinski definition) is 2. The topological polar surface area (TPSA) is 37.4 Å². The Balaban J connectivity index is 1.65. The highest BCUT2D eigenvalue weighted by atomic mass is 19.1. The monoisotopic (exact) mass is 397 g/mol. The summed E-state index contributed by atoms with van der Waals surface area (Å²) in [7, 11) is 0. The molecule has 1 aliphatic heterocycles. The number of benzene rings is 3. The number of allylic oxidation sites excluding steroid dienone is 2. The number of carbonyl (C=O) groups excluding carboxylic acids is 2. The molecule has 4 heteroatoms. The number of amides is 2. The van der Waals surface area contributed by atoms with Crippen LogP contribution in [0.3, 0.4) is 0 Å². The number of rotatable bonds is 3. The first kappa shape index (κ1) is 18.5. The van der Waals surface area contributed by atoms with E-state index < -0.39 is 17.7 Å². The van der Waals surface area contributed by atoms with Gasteiger partial charge in [-0.1, -0.05) is 84.9 Å². The van der Waals surface area contributed by atoms with Crippen molar-refractivity contribution < 1.29 is 14.0 Å². The van der Waals surface area contributed by atoms with Crippen LogP contribution in [-0.4, -0.2) is 11.8 Å². The second-order valence-corrected chi connectivity index (χ2v) is 7.77. The summed E-state index contributed by atoms with van der Waals surface area (Å²) >= 11 is 0. The fraction of sp³-hybridized carbons (Fsp3) is 0.154. The van der Waals surface area contributed by atoms with Crippen molar-refractivity contribution in [1.82, 2.24) is 0 Å². The van der Waals surface area contributed by atoms with Crippen molar-refractivity contribution in [2.45, 2.75) is 11.8 Å². The summed E-state index contributed by atoms with van der Waals surface area (Å²) in [6, 6.07) is 25.4. The van der Waals surface area contributed by atoms with Crippen LogP contribution in [0.2, 0.25) is 0 Å². The van der Waals surface area contributed by atoms with E-state index in [4.69, 9.17) is 0 Å². The van der Waals surface area contributed by atoms with E-state index in [9.17, 15) is 14.0 Å². The van der Waals surface area contributed by atoms with E-state index in [0.717, 1.165) is 16.0 Å². The molecule has 0 N–H and O–H groups in total. The lowest BCUT2D eigenvalue weighted by Crippen LogP contribution is -2.32. The van der Waals surface area contributed by atoms with Crippen LogP contribution in [0.1, 0.15) is 23.0 Å². The highest BCUT2D eigenvalue weighted by Crippen LogP contribution is 2.50. The lowest BCUT2D eigenvalue weighted by molar-refractivity contribution is -0.122. The number of halogens is 1. The standard InChI is InChI=1S/C26H20FNO2/c27-21-13-7-8-14-22(21)28-25(29)23-19(17-9-3-1-4-10-17)15-16-20(24(23)26(28)30)18-11-5-2-6-12-18/h1-16,19-20,23-24H/t19-,20-,23-,24-/m1/s1. The summed E-state index contributed by atoms with van der Waals surface area (Å²) in [6.45, 7) is 0. The van der Waals surface area contributed by atoms with Crippen molar-refractivity contribution in [3.05, 3.63) is 114 Å². The zero-order valence-electron chi connectivity index (χ0n) is 16.2. The molecular formula is C26H20FNO2. The fourth-order valence-electron chi connectivity index (χ4n) is 4.80. The van der Waals surface area contributed by atoms with Crippen LogP contribution in [0.5, 0.6) is 0 Å². The summed E-state index contributed by atoms with van der Waals surface area (Å²) in [5, 5.41) is 0. The summed E-state index contributed by atoms with van der Waals surface area (Å²) in [6.07, 6.45) is 4.06. The SMILES string of the molecule is O=C1[C@H]2[C@H](C(=O)N1c1ccccc1F)[C@@H](c1ccccc1)C=C[C@@H]2c1ccccc1. The smallest absolute Gasteiger partial charge is 0.238 e. The molecule has 1 heterocycles. The molecule has 30 heavy (non-hydrogen) atoms. The lowest BCUT2D eigenvalue weighted by atomic mass is 9.68. The van der Waals surface area contributed by atoms with Crippen molar-refractivity contribution in [3.63, 3.8) is 0 Å². The molecular weight excluding hydrogens is 377 g/mol. The third-order valence-corrected chi connectivity index (χ3v) is 6.16. The van der Waals surface area contributed by atoms with Gasteiger partial charge in [0, 0.05) is 11.8 Å². The highest BCUT2D eigenvalue weighted by molar-refractivity contribution is 6.23. The van der Waals surface area contributed by atoms with Gasteiger partial charge < -0.3 is 0 Å². The molecule has 0 spiro atoms. The lowest BCUT2D eigenvalue weighted by Gasteiger charge is -2.32. The van der Waals surface area contributed by atoms with Crippen LogP contribution < -0.4 is 4.90 Å². The maximum absolute atomic E-state index is 14.5. The van der Waals surface area contributed by atoms with Gasteiger partial charge in [0.05, 0.1) is 17.5 Å². The highest BCUT2D eigenvalue weighted by Gasteiger charge is 2.55. The zero-order chi connectivity index (χ0) is 20.7. The number of hydrogen-bond donors (Lipinski definition) is 0. The molecule has 3 aromatic rings. The zero-order valence-corrected chi connectivity index (χ0v) is 16.2. The van der Waals surface area contributed by atoms with E-state index in [0.29, 0.717) is 0 Å². The van der Waals surface area contributed by atoms with Crippen LogP contribution in [0.25, 0.3) is 0 Å². The number of para-hydroxylation sites is 1. The van der Waals surface area contributed by atoms with E-state index in [1.807, 2.05) is 72.8 Å². The number of imide groups is 1. The average Bonchev–Trinajstić information content (AvgIpc) is 3.06. The second-order valence-electron chi connectivity index (χ2n) is 7.77. The molecule has 1 fully saturated rings. The molecule has 3 aromatic carbocycles. The summed E-state index contributed by atoms with van der Waals surface area (Å²) in [4.78, 5) is 28.2. The predicted octanol–water partition coefficient (Wildman–Crippen LogP) is 5.07. The molecule has 2 aliphatic rings. The average molecular weight is 397 g/mol. The third kappa shape index (κ3) is 2.88. The molecule has 0 bridgehead atoms. The molecule has 0 aromatic heterocycles. The van der Waals surface area contributed by atoms with E-state index in [2.05, 4.69) is 0 Å². The van der Waals surface area contributed by atoms with Gasteiger partial charge in [-0.15, -0.1) is 0 Å². The van der Waals surface area contributed by atoms with Gasteiger partial charge in [0.15, 0.2) is 0 Å². The largest absolute Gasteiger partial charge is 0.274 e. The van der Waals surface area contributed by atoms with Gasteiger partial charge in [0.25, 0.3) is 0 Å². The van der Waals surface area contributed by atoms with Crippen molar-refractivity contribution >= 4 is 17.5 Å². The van der Waals surface area contributed by atoms with Gasteiger partial charge in [0.1, 0.15) is 5.82 Å². The molecule has 1 saturated heterocycles. The van der Waals surface area contributed by atoms with E-state index in [1.165, 1.54) is 12.1 Å². The summed E-state index contributed by atoms with van der Waals surface area (Å²) < 4.78 is 14.5. The molecule has 148 valence electrons. The minimum absolute atomic E-state index is 0.0283. The minimum atomic E-state index is -0.574. The Morgan fingerprint density at radius 1 is 0.600 bits per heavy atom. The van der Waals surface area contributed by atoms with E-state index in [-0.39, 0.29) is 29.3 Å². The third-order valence-electron chi connectivity index (χ3n) is 6.16. The minimum Gasteiger partial charge on any atom is -0.274 e. The summed E-state index contributed by atoms with van der Waals surface area (Å²) in [5.74, 6) is -2.86. The van der Waals surface area contributed by atoms with Gasteiger partial charge in [-0.05, 0) is 23.3 Å². The van der Waals surface area contributed by atoms with Gasteiger partial charge in [-0.2, -0.15) is 0 Å². The van der Waals surface area contributed by atoms with Crippen LogP contribution in [0.15, 0.2) is 97.1 Å². The van der Waals surface area contributed by atoms with E-state index in [1.54, 1.807) is 12.1 Å². The molecule has 0 saturated carbocycles. The predicted molar refractivity (Wildman–Crippen MR) is 113 cm³/mol. The first-order chi connectivity index (χ1) is 14.7. The maximum Gasteiger partial charge on any atom is 0.238 e. The molecule has 5 rings (SSSR count). The van der Waals surface area contributed by atoms with E-state index >= 15 is 0 Å². The molecule has 0 unspecified atom stereocenters. The van der Waals surface area contributed by atoms with Crippen LogP contribution in [-0.2, 0) is 9.59 Å². The van der Waals surface area contributed by atoms with Crippen molar-refractivity contribution in [2.75, 3.05) is 4.90 Å². The first-order valence-electron chi connectivity index (χ1n) is 10.1. The molecule has 3 nitrogen and oxygen atoms in total. The number of fused-ring (bicyclic) bond motifs is 1. The molecule has 0 radical (unpaired) electrons. The first-order valence-corrected chi connectivity index (χ1v) is 10.1. The van der Waals surface area contributed by atoms with Crippen LogP contribution in [0.4, 0.5) is 10.1 Å². The van der Waals surface area contributed by atoms with Crippen LogP contribution >= 0.6 is 0 Å². The van der Waals surface area contributed by atoms with Crippen LogP contribution in [0, 0.1) is 17.7 Å². The Labute approximate surface area is 174 Å². The van der Waals surface area contributed by atoms with Gasteiger partial charge in [-0.3, -0.25) is 9.59 Å². The Morgan fingerprint density at radius 2 is 1.03 bits per heavy atom. The quantitative estimate of drug-likeness (QED) is 0.457. The fourth-order valence-corrected chi connectivity index (χ4v) is 4.80. The maximum atomic E-state index is 14.5. The number of anilines is 1. The van der Waals surface area contributed by atoms with Gasteiger partial charge >= 0.3 is 0 Å². The van der Waals surface area contributed by atoms with Crippen molar-refractivity contribution in [1.29, 1.82) is 0 Å². The Bertz CT molecular complexity index is 1060. The van der Waals surface area contributed by atoms with Gasteiger partial charge in [0.2, 0.25) is 11.8 Å². The Morgan fingerprint density at radius 3 is 1.50 bits per heavy atom. The Kier molecular flexibility index (Phi) is 4.55. The Hall–Kier alpha value is -3.53. The summed E-state index contributed by atoms with van der Waals surface area (Å²) in [5.41, 5.74) is 1.99. The molecule has 1 aliphatic carbocycles. The van der Waals surface area contributed by atoms with Crippen molar-refractivity contribution in [2.24, 2.45) is 11.8 Å².